The lowest BCUT2D eigenvalue weighted by atomic mass is 10.1. The molecule has 0 spiro atoms. The normalized spacial score (nSPS) is 12.0. The maximum atomic E-state index is 12.8. The highest BCUT2D eigenvalue weighted by Gasteiger charge is 2.25. The number of H-pyrrole nitrogens is 1. The van der Waals surface area contributed by atoms with Crippen LogP contribution in [-0.2, 0) is 16.0 Å². The van der Waals surface area contributed by atoms with Crippen LogP contribution in [0.4, 0.5) is 4.79 Å². The van der Waals surface area contributed by atoms with Gasteiger partial charge in [-0.15, -0.1) is 0 Å². The van der Waals surface area contributed by atoms with Crippen molar-refractivity contribution >= 4 is 47.0 Å². The fraction of sp³-hybridized carbons (Fsp3) is 0.500. The van der Waals surface area contributed by atoms with E-state index in [0.717, 1.165) is 40.4 Å². The van der Waals surface area contributed by atoms with Crippen LogP contribution >= 0.6 is 35.0 Å². The summed E-state index contributed by atoms with van der Waals surface area (Å²) >= 11 is 13.9. The lowest BCUT2D eigenvalue weighted by Gasteiger charge is -2.16. The van der Waals surface area contributed by atoms with Gasteiger partial charge >= 0.3 is 6.09 Å². The minimum Gasteiger partial charge on any atom is -0.437 e. The van der Waals surface area contributed by atoms with Gasteiger partial charge in [0.25, 0.3) is 0 Å². The van der Waals surface area contributed by atoms with Gasteiger partial charge in [0, 0.05) is 40.2 Å². The average molecular weight is 634 g/mol. The SMILES string of the molecule is CCCCCCCCCCCC(=O)NC(=O)OC(Cc1ccncc1)c1nc(C(C)C)c(Sc2cc(Cl)cc(Cl)c2)[nH]1. The third kappa shape index (κ3) is 12.0. The Kier molecular flexibility index (Phi) is 14.7. The van der Waals surface area contributed by atoms with E-state index in [0.29, 0.717) is 28.7 Å². The van der Waals surface area contributed by atoms with Crippen LogP contribution < -0.4 is 5.32 Å². The Bertz CT molecular complexity index is 1250. The second-order valence-corrected chi connectivity index (χ2v) is 12.7. The molecule has 1 aromatic carbocycles. The van der Waals surface area contributed by atoms with Gasteiger partial charge in [-0.1, -0.05) is 107 Å². The quantitative estimate of drug-likeness (QED) is 0.144. The monoisotopic (exact) mass is 632 g/mol. The van der Waals surface area contributed by atoms with Crippen molar-refractivity contribution in [1.29, 1.82) is 0 Å². The van der Waals surface area contributed by atoms with Gasteiger partial charge in [-0.2, -0.15) is 0 Å². The summed E-state index contributed by atoms with van der Waals surface area (Å²) in [5.41, 5.74) is 1.75. The number of unbranched alkanes of at least 4 members (excludes halogenated alkanes) is 8. The Morgan fingerprint density at radius 3 is 2.19 bits per heavy atom. The highest BCUT2D eigenvalue weighted by molar-refractivity contribution is 7.99. The molecule has 3 aromatic rings. The Balaban J connectivity index is 1.63. The average Bonchev–Trinajstić information content (AvgIpc) is 3.36. The first-order chi connectivity index (χ1) is 20.2. The lowest BCUT2D eigenvalue weighted by Crippen LogP contribution is -2.32. The third-order valence-corrected chi connectivity index (χ3v) is 8.21. The number of carbonyl (C=O) groups excluding carboxylic acids is 2. The Hall–Kier alpha value is -2.55. The predicted octanol–water partition coefficient (Wildman–Crippen LogP) is 9.84. The fourth-order valence-corrected chi connectivity index (χ4v) is 6.38. The van der Waals surface area contributed by atoms with E-state index in [-0.39, 0.29) is 11.8 Å². The number of hydrogen-bond acceptors (Lipinski definition) is 6. The van der Waals surface area contributed by atoms with Crippen LogP contribution in [0.3, 0.4) is 0 Å². The van der Waals surface area contributed by atoms with Crippen molar-refractivity contribution < 1.29 is 14.3 Å². The van der Waals surface area contributed by atoms with E-state index < -0.39 is 12.2 Å². The van der Waals surface area contributed by atoms with Crippen LogP contribution in [0.15, 0.2) is 52.6 Å². The maximum absolute atomic E-state index is 12.8. The van der Waals surface area contributed by atoms with Crippen molar-refractivity contribution in [1.82, 2.24) is 20.3 Å². The van der Waals surface area contributed by atoms with Gasteiger partial charge in [0.1, 0.15) is 10.9 Å². The molecule has 0 saturated heterocycles. The molecule has 7 nitrogen and oxygen atoms in total. The molecule has 2 heterocycles. The number of carbonyl (C=O) groups is 2. The number of alkyl carbamates (subject to hydrolysis) is 1. The molecule has 2 amide bonds. The molecule has 1 unspecified atom stereocenters. The predicted molar refractivity (Wildman–Crippen MR) is 170 cm³/mol. The summed E-state index contributed by atoms with van der Waals surface area (Å²) in [6.07, 6.45) is 12.9. The van der Waals surface area contributed by atoms with Gasteiger partial charge < -0.3 is 9.72 Å². The van der Waals surface area contributed by atoms with Gasteiger partial charge in [0.15, 0.2) is 6.10 Å². The van der Waals surface area contributed by atoms with Crippen molar-refractivity contribution in [3.05, 3.63) is 69.9 Å². The minimum atomic E-state index is -0.784. The first kappa shape index (κ1) is 33.9. The summed E-state index contributed by atoms with van der Waals surface area (Å²) in [6.45, 7) is 6.31. The number of imide groups is 1. The summed E-state index contributed by atoms with van der Waals surface area (Å²) < 4.78 is 5.80. The number of rotatable bonds is 17. The number of amides is 2. The first-order valence-electron chi connectivity index (χ1n) is 14.9. The summed E-state index contributed by atoms with van der Waals surface area (Å²) in [5, 5.41) is 4.29. The molecular formula is C32H42Cl2N4O3S. The number of hydrogen-bond donors (Lipinski definition) is 2. The molecule has 42 heavy (non-hydrogen) atoms. The fourth-order valence-electron chi connectivity index (χ4n) is 4.57. The molecule has 1 atom stereocenters. The van der Waals surface area contributed by atoms with E-state index in [9.17, 15) is 9.59 Å². The van der Waals surface area contributed by atoms with Gasteiger partial charge in [-0.05, 0) is 48.2 Å². The molecule has 3 rings (SSSR count). The first-order valence-corrected chi connectivity index (χ1v) is 16.5. The lowest BCUT2D eigenvalue weighted by molar-refractivity contribution is -0.120. The van der Waals surface area contributed by atoms with Crippen LogP contribution in [-0.4, -0.2) is 27.0 Å². The second kappa shape index (κ2) is 18.2. The zero-order valence-electron chi connectivity index (χ0n) is 24.8. The number of pyridine rings is 1. The molecule has 0 fully saturated rings. The van der Waals surface area contributed by atoms with E-state index in [2.05, 4.69) is 22.2 Å². The van der Waals surface area contributed by atoms with Crippen molar-refractivity contribution in [2.75, 3.05) is 0 Å². The van der Waals surface area contributed by atoms with Crippen molar-refractivity contribution in [3.63, 3.8) is 0 Å². The van der Waals surface area contributed by atoms with E-state index in [1.165, 1.54) is 50.3 Å². The maximum Gasteiger partial charge on any atom is 0.414 e. The Morgan fingerprint density at radius 2 is 1.57 bits per heavy atom. The van der Waals surface area contributed by atoms with E-state index in [1.54, 1.807) is 18.5 Å². The summed E-state index contributed by atoms with van der Waals surface area (Å²) in [5.74, 6) is 0.259. The van der Waals surface area contributed by atoms with E-state index in [1.807, 2.05) is 38.1 Å². The number of aromatic nitrogens is 3. The summed E-state index contributed by atoms with van der Waals surface area (Å²) in [4.78, 5) is 38.4. The number of nitrogens with zero attached hydrogens (tertiary/aromatic N) is 2. The summed E-state index contributed by atoms with van der Waals surface area (Å²) in [6, 6.07) is 9.07. The third-order valence-electron chi connectivity index (χ3n) is 6.79. The van der Waals surface area contributed by atoms with E-state index in [4.69, 9.17) is 32.9 Å². The zero-order valence-corrected chi connectivity index (χ0v) is 27.1. The summed E-state index contributed by atoms with van der Waals surface area (Å²) in [7, 11) is 0. The van der Waals surface area contributed by atoms with Crippen LogP contribution in [0.25, 0.3) is 0 Å². The molecule has 0 saturated carbocycles. The number of imidazole rings is 1. The highest BCUT2D eigenvalue weighted by Crippen LogP contribution is 2.36. The Morgan fingerprint density at radius 1 is 0.952 bits per heavy atom. The molecule has 2 aromatic heterocycles. The van der Waals surface area contributed by atoms with Crippen LogP contribution in [0.5, 0.6) is 0 Å². The number of aromatic amines is 1. The smallest absolute Gasteiger partial charge is 0.414 e. The minimum absolute atomic E-state index is 0.0977. The second-order valence-electron chi connectivity index (χ2n) is 10.8. The number of ether oxygens (including phenoxy) is 1. The number of benzene rings is 1. The molecule has 0 radical (unpaired) electrons. The largest absolute Gasteiger partial charge is 0.437 e. The highest BCUT2D eigenvalue weighted by atomic mass is 35.5. The van der Waals surface area contributed by atoms with Crippen molar-refractivity contribution in [2.45, 2.75) is 113 Å². The van der Waals surface area contributed by atoms with Gasteiger partial charge in [-0.25, -0.2) is 9.78 Å². The molecule has 0 aliphatic heterocycles. The number of nitrogens with one attached hydrogen (secondary N) is 2. The van der Waals surface area contributed by atoms with Crippen LogP contribution in [0.2, 0.25) is 10.0 Å². The van der Waals surface area contributed by atoms with Gasteiger partial charge in [0.2, 0.25) is 5.91 Å². The molecule has 0 aliphatic carbocycles. The van der Waals surface area contributed by atoms with Crippen molar-refractivity contribution in [2.24, 2.45) is 0 Å². The molecule has 0 bridgehead atoms. The van der Waals surface area contributed by atoms with Gasteiger partial charge in [-0.3, -0.25) is 15.1 Å². The van der Waals surface area contributed by atoms with Crippen molar-refractivity contribution in [3.8, 4) is 0 Å². The zero-order chi connectivity index (χ0) is 30.3. The molecule has 0 aliphatic rings. The number of halogens is 2. The van der Waals surface area contributed by atoms with Crippen LogP contribution in [0.1, 0.15) is 114 Å². The molecule has 228 valence electrons. The molecular weight excluding hydrogens is 591 g/mol. The van der Waals surface area contributed by atoms with Crippen LogP contribution in [0, 0.1) is 0 Å². The van der Waals surface area contributed by atoms with Gasteiger partial charge in [0.05, 0.1) is 5.69 Å². The molecule has 10 heteroatoms. The van der Waals surface area contributed by atoms with E-state index >= 15 is 0 Å². The standard InChI is InChI=1S/C32H42Cl2N4O3S/c1-4-5-6-7-8-9-10-11-12-13-28(39)36-32(40)41-27(18-23-14-16-35-17-15-23)30-37-29(22(2)3)31(38-30)42-26-20-24(33)19-25(34)21-26/h14-17,19-22,27H,4-13,18H2,1-3H3,(H,37,38)(H,36,39,40). The Labute approximate surface area is 263 Å². The topological polar surface area (TPSA) is 97.0 Å². The molecule has 2 N–H and O–H groups in total.